The molecule has 3 aromatic rings. The van der Waals surface area contributed by atoms with Gasteiger partial charge in [-0.15, -0.1) is 5.10 Å². The fraction of sp³-hybridized carbons (Fsp3) is 0.519. The second-order valence-corrected chi connectivity index (χ2v) is 12.9. The van der Waals surface area contributed by atoms with E-state index in [0.717, 1.165) is 4.52 Å². The van der Waals surface area contributed by atoms with Gasteiger partial charge in [0.05, 0.1) is 16.3 Å². The monoisotopic (exact) mass is 690 g/mol. The summed E-state index contributed by atoms with van der Waals surface area (Å²) in [4.78, 5) is 45.7. The number of piperidine rings is 1. The Kier molecular flexibility index (Phi) is 8.03. The molecule has 43 heavy (non-hydrogen) atoms. The van der Waals surface area contributed by atoms with Crippen LogP contribution >= 0.6 is 27.5 Å². The van der Waals surface area contributed by atoms with E-state index in [-0.39, 0.29) is 21.8 Å². The highest BCUT2D eigenvalue weighted by molar-refractivity contribution is 9.10. The lowest BCUT2D eigenvalue weighted by Crippen LogP contribution is -2.50. The highest BCUT2D eigenvalue weighted by atomic mass is 79.9. The van der Waals surface area contributed by atoms with Crippen molar-refractivity contribution < 1.29 is 31.9 Å². The average Bonchev–Trinajstić information content (AvgIpc) is 3.29. The standard InChI is InChI=1S/C27H28BrClF4N6O4/c1-25(2,3)43-24(42)37-9-7-26(8-10-37)6-4-5-18-20(26)21(41)39-23(35-22(28)36-39)38(18)13-19(40)34-17-12-16(30)14(11-15(17)29)27(31,32)33/h11-12H,4-10,13H2,1-3H3,(H,34,40). The van der Waals surface area contributed by atoms with Crippen LogP contribution in [0.15, 0.2) is 21.7 Å². The molecule has 1 aromatic carbocycles. The van der Waals surface area contributed by atoms with Gasteiger partial charge in [0.2, 0.25) is 16.4 Å². The summed E-state index contributed by atoms with van der Waals surface area (Å²) in [6.45, 7) is 5.69. The van der Waals surface area contributed by atoms with Crippen molar-refractivity contribution in [2.24, 2.45) is 0 Å². The van der Waals surface area contributed by atoms with Gasteiger partial charge in [0.1, 0.15) is 18.0 Å². The Labute approximate surface area is 256 Å². The number of alkyl halides is 3. The summed E-state index contributed by atoms with van der Waals surface area (Å²) in [7, 11) is 0. The molecule has 0 radical (unpaired) electrons. The second kappa shape index (κ2) is 11.1. The van der Waals surface area contributed by atoms with Crippen LogP contribution in [0.3, 0.4) is 0 Å². The van der Waals surface area contributed by atoms with E-state index in [2.05, 4.69) is 31.3 Å². The summed E-state index contributed by atoms with van der Waals surface area (Å²) in [6.07, 6.45) is -2.58. The maximum Gasteiger partial charge on any atom is 0.419 e. The Bertz CT molecular complexity index is 1680. The van der Waals surface area contributed by atoms with Crippen LogP contribution in [0, 0.1) is 5.82 Å². The molecule has 1 aliphatic heterocycles. The molecular formula is C27H28BrClF4N6O4. The van der Waals surface area contributed by atoms with E-state index >= 15 is 0 Å². The molecule has 5 rings (SSSR count). The van der Waals surface area contributed by atoms with Crippen molar-refractivity contribution >= 4 is 51.0 Å². The number of amides is 2. The van der Waals surface area contributed by atoms with Crippen molar-refractivity contribution in [2.75, 3.05) is 18.4 Å². The van der Waals surface area contributed by atoms with Crippen LogP contribution in [0.2, 0.25) is 5.02 Å². The molecule has 0 saturated carbocycles. The number of halogens is 6. The SMILES string of the molecule is CC(C)(C)OC(=O)N1CCC2(CCCc3c2c(=O)n2nc(Br)nc2n3CC(=O)Nc2cc(F)c(C(F)(F)F)cc2Cl)CC1. The third kappa shape index (κ3) is 6.10. The molecule has 1 spiro atoms. The fourth-order valence-electron chi connectivity index (χ4n) is 5.89. The summed E-state index contributed by atoms with van der Waals surface area (Å²) < 4.78 is 61.7. The van der Waals surface area contributed by atoms with Gasteiger partial charge in [-0.25, -0.2) is 9.18 Å². The third-order valence-electron chi connectivity index (χ3n) is 7.74. The first-order chi connectivity index (χ1) is 20.0. The molecule has 1 N–H and O–H groups in total. The number of anilines is 1. The predicted molar refractivity (Wildman–Crippen MR) is 152 cm³/mol. The molecular weight excluding hydrogens is 664 g/mol. The lowest BCUT2D eigenvalue weighted by atomic mass is 9.66. The first kappa shape index (κ1) is 31.2. The van der Waals surface area contributed by atoms with Gasteiger partial charge < -0.3 is 19.5 Å². The number of hydrogen-bond acceptors (Lipinski definition) is 6. The summed E-state index contributed by atoms with van der Waals surface area (Å²) in [5.41, 5.74) is -2.44. The second-order valence-electron chi connectivity index (χ2n) is 11.8. The van der Waals surface area contributed by atoms with Crippen molar-refractivity contribution in [1.29, 1.82) is 0 Å². The van der Waals surface area contributed by atoms with Crippen molar-refractivity contribution in [3.63, 3.8) is 0 Å². The van der Waals surface area contributed by atoms with Crippen LogP contribution in [0.4, 0.5) is 28.0 Å². The Morgan fingerprint density at radius 3 is 2.47 bits per heavy atom. The minimum Gasteiger partial charge on any atom is -0.444 e. The average molecular weight is 692 g/mol. The Balaban J connectivity index is 1.48. The number of hydrogen-bond donors (Lipinski definition) is 1. The molecule has 1 fully saturated rings. The number of nitrogens with zero attached hydrogens (tertiary/aromatic N) is 5. The lowest BCUT2D eigenvalue weighted by Gasteiger charge is -2.45. The number of fused-ring (bicyclic) bond motifs is 3. The first-order valence-corrected chi connectivity index (χ1v) is 14.7. The van der Waals surface area contributed by atoms with Crippen molar-refractivity contribution in [3.8, 4) is 0 Å². The van der Waals surface area contributed by atoms with E-state index in [0.29, 0.717) is 68.6 Å². The molecule has 232 valence electrons. The van der Waals surface area contributed by atoms with Crippen LogP contribution in [-0.2, 0) is 34.1 Å². The van der Waals surface area contributed by atoms with Gasteiger partial charge in [-0.2, -0.15) is 22.7 Å². The number of rotatable bonds is 3. The number of aromatic nitrogens is 4. The molecule has 10 nitrogen and oxygen atoms in total. The molecule has 0 atom stereocenters. The summed E-state index contributed by atoms with van der Waals surface area (Å²) >= 11 is 9.15. The quantitative estimate of drug-likeness (QED) is 0.353. The van der Waals surface area contributed by atoms with Crippen LogP contribution in [-0.4, -0.2) is 54.8 Å². The van der Waals surface area contributed by atoms with E-state index in [4.69, 9.17) is 16.3 Å². The zero-order chi connectivity index (χ0) is 31.5. The van der Waals surface area contributed by atoms with Crippen LogP contribution < -0.4 is 10.9 Å². The fourth-order valence-corrected chi connectivity index (χ4v) is 6.42. The summed E-state index contributed by atoms with van der Waals surface area (Å²) in [5.74, 6) is -2.23. The first-order valence-electron chi connectivity index (χ1n) is 13.5. The molecule has 0 unspecified atom stereocenters. The molecule has 1 saturated heterocycles. The predicted octanol–water partition coefficient (Wildman–Crippen LogP) is 5.71. The zero-order valence-electron chi connectivity index (χ0n) is 23.4. The molecule has 2 amide bonds. The van der Waals surface area contributed by atoms with Crippen molar-refractivity contribution in [2.45, 2.75) is 76.6 Å². The Morgan fingerprint density at radius 2 is 1.84 bits per heavy atom. The maximum atomic E-state index is 14.2. The van der Waals surface area contributed by atoms with Gasteiger partial charge in [0.25, 0.3) is 5.56 Å². The van der Waals surface area contributed by atoms with Crippen LogP contribution in [0.5, 0.6) is 0 Å². The van der Waals surface area contributed by atoms with E-state index in [1.807, 2.05) is 0 Å². The zero-order valence-corrected chi connectivity index (χ0v) is 25.8. The van der Waals surface area contributed by atoms with Gasteiger partial charge in [-0.05, 0) is 80.9 Å². The number of carbonyl (C=O) groups is 2. The van der Waals surface area contributed by atoms with E-state index < -0.39 is 52.1 Å². The van der Waals surface area contributed by atoms with Gasteiger partial charge >= 0.3 is 12.3 Å². The number of carbonyl (C=O) groups excluding carboxylic acids is 2. The van der Waals surface area contributed by atoms with Gasteiger partial charge in [-0.1, -0.05) is 11.6 Å². The summed E-state index contributed by atoms with van der Waals surface area (Å²) in [5, 5.41) is 6.07. The molecule has 1 aliphatic carbocycles. The van der Waals surface area contributed by atoms with Crippen LogP contribution in [0.25, 0.3) is 5.78 Å². The van der Waals surface area contributed by atoms with Crippen molar-refractivity contribution in [3.05, 3.63) is 54.9 Å². The number of ether oxygens (including phenoxy) is 1. The van der Waals surface area contributed by atoms with Gasteiger partial charge in [-0.3, -0.25) is 9.59 Å². The van der Waals surface area contributed by atoms with E-state index in [1.54, 1.807) is 30.2 Å². The highest BCUT2D eigenvalue weighted by Gasteiger charge is 2.45. The topological polar surface area (TPSA) is 111 Å². The molecule has 0 bridgehead atoms. The molecule has 16 heteroatoms. The summed E-state index contributed by atoms with van der Waals surface area (Å²) in [6, 6.07) is 0.926. The smallest absolute Gasteiger partial charge is 0.419 e. The normalized spacial score (nSPS) is 16.8. The molecule has 2 aliphatic rings. The number of nitrogens with one attached hydrogen (secondary N) is 1. The van der Waals surface area contributed by atoms with Gasteiger partial charge in [0.15, 0.2) is 0 Å². The Morgan fingerprint density at radius 1 is 1.16 bits per heavy atom. The molecule has 3 heterocycles. The highest BCUT2D eigenvalue weighted by Crippen LogP contribution is 2.44. The number of likely N-dealkylation sites (tertiary alicyclic amines) is 1. The van der Waals surface area contributed by atoms with Crippen LogP contribution in [0.1, 0.15) is 63.3 Å². The minimum atomic E-state index is -4.96. The molecule has 2 aromatic heterocycles. The van der Waals surface area contributed by atoms with E-state index in [1.165, 1.54) is 0 Å². The third-order valence-corrected chi connectivity index (χ3v) is 8.38. The minimum absolute atomic E-state index is 0.0821. The van der Waals surface area contributed by atoms with Crippen molar-refractivity contribution in [1.82, 2.24) is 24.1 Å². The largest absolute Gasteiger partial charge is 0.444 e. The van der Waals surface area contributed by atoms with E-state index in [9.17, 15) is 31.9 Å². The van der Waals surface area contributed by atoms with Gasteiger partial charge in [0, 0.05) is 29.8 Å². The number of benzene rings is 1. The maximum absolute atomic E-state index is 14.2. The lowest BCUT2D eigenvalue weighted by molar-refractivity contribution is -0.140. The Hall–Kier alpha value is -3.20.